The first-order valence-electron chi connectivity index (χ1n) is 7.67. The van der Waals surface area contributed by atoms with Gasteiger partial charge in [0.1, 0.15) is 0 Å². The van der Waals surface area contributed by atoms with E-state index >= 15 is 0 Å². The topological polar surface area (TPSA) is 74.8 Å². The fourth-order valence-electron chi connectivity index (χ4n) is 3.08. The first-order chi connectivity index (χ1) is 10.8. The normalized spacial score (nSPS) is 25.1. The third-order valence-corrected chi connectivity index (χ3v) is 6.30. The number of hydrogen-bond donors (Lipinski definition) is 0. The van der Waals surface area contributed by atoms with Crippen LogP contribution in [-0.2, 0) is 19.4 Å². The van der Waals surface area contributed by atoms with Gasteiger partial charge in [-0.15, -0.1) is 0 Å². The van der Waals surface area contributed by atoms with Gasteiger partial charge in [-0.3, -0.25) is 14.5 Å². The summed E-state index contributed by atoms with van der Waals surface area (Å²) in [6.45, 7) is 4.54. The van der Waals surface area contributed by atoms with E-state index in [1.807, 2.05) is 30.9 Å². The highest BCUT2D eigenvalue weighted by atomic mass is 32.2. The molecule has 6 nitrogen and oxygen atoms in total. The molecule has 0 N–H and O–H groups in total. The van der Waals surface area contributed by atoms with Gasteiger partial charge in [0.15, 0.2) is 9.84 Å². The maximum atomic E-state index is 12.7. The summed E-state index contributed by atoms with van der Waals surface area (Å²) in [4.78, 5) is 28.1. The summed E-state index contributed by atoms with van der Waals surface area (Å²) in [5.41, 5.74) is 2.72. The number of benzene rings is 1. The number of sulfone groups is 1. The van der Waals surface area contributed by atoms with E-state index < -0.39 is 15.9 Å². The van der Waals surface area contributed by atoms with Gasteiger partial charge in [-0.1, -0.05) is 6.07 Å². The molecule has 1 aromatic carbocycles. The minimum atomic E-state index is -3.00. The van der Waals surface area contributed by atoms with Crippen molar-refractivity contribution >= 4 is 27.3 Å². The van der Waals surface area contributed by atoms with E-state index in [0.29, 0.717) is 18.8 Å². The van der Waals surface area contributed by atoms with Gasteiger partial charge in [-0.25, -0.2) is 13.3 Å². The van der Waals surface area contributed by atoms with E-state index in [1.165, 1.54) is 4.90 Å². The van der Waals surface area contributed by atoms with Crippen LogP contribution >= 0.6 is 0 Å². The van der Waals surface area contributed by atoms with E-state index in [1.54, 1.807) is 6.07 Å². The lowest BCUT2D eigenvalue weighted by molar-refractivity contribution is -0.122. The number of aryl methyl sites for hydroxylation is 2. The molecule has 2 saturated heterocycles. The quantitative estimate of drug-likeness (QED) is 0.742. The molecule has 0 spiro atoms. The van der Waals surface area contributed by atoms with Crippen molar-refractivity contribution in [2.75, 3.05) is 29.5 Å². The van der Waals surface area contributed by atoms with E-state index in [4.69, 9.17) is 0 Å². The van der Waals surface area contributed by atoms with Crippen molar-refractivity contribution < 1.29 is 18.0 Å². The summed E-state index contributed by atoms with van der Waals surface area (Å²) in [6, 6.07) is 4.97. The third kappa shape index (κ3) is 3.03. The average molecular weight is 336 g/mol. The Morgan fingerprint density at radius 1 is 1.04 bits per heavy atom. The monoisotopic (exact) mass is 336 g/mol. The molecule has 2 heterocycles. The smallest absolute Gasteiger partial charge is 0.251 e. The SMILES string of the molecule is Cc1ccc(N2C(=O)CC(N3CCS(=O)(=O)CC3)C2=O)cc1C. The maximum absolute atomic E-state index is 12.7. The van der Waals surface area contributed by atoms with E-state index in [2.05, 4.69) is 0 Å². The Hall–Kier alpha value is -1.73. The molecule has 0 aliphatic carbocycles. The highest BCUT2D eigenvalue weighted by Crippen LogP contribution is 2.28. The molecule has 0 saturated carbocycles. The zero-order valence-corrected chi connectivity index (χ0v) is 14.1. The maximum Gasteiger partial charge on any atom is 0.251 e. The average Bonchev–Trinajstić information content (AvgIpc) is 2.77. The molecule has 1 atom stereocenters. The van der Waals surface area contributed by atoms with Crippen LogP contribution in [0.2, 0.25) is 0 Å². The summed E-state index contributed by atoms with van der Waals surface area (Å²) in [5, 5.41) is 0. The van der Waals surface area contributed by atoms with Gasteiger partial charge in [0.2, 0.25) is 5.91 Å². The van der Waals surface area contributed by atoms with Crippen LogP contribution in [-0.4, -0.2) is 55.8 Å². The molecular formula is C16H20N2O4S. The van der Waals surface area contributed by atoms with E-state index in [9.17, 15) is 18.0 Å². The number of hydrogen-bond acceptors (Lipinski definition) is 5. The lowest BCUT2D eigenvalue weighted by atomic mass is 10.1. The van der Waals surface area contributed by atoms with Crippen molar-refractivity contribution in [3.63, 3.8) is 0 Å². The predicted molar refractivity (Wildman–Crippen MR) is 87.0 cm³/mol. The van der Waals surface area contributed by atoms with Gasteiger partial charge >= 0.3 is 0 Å². The fraction of sp³-hybridized carbons (Fsp3) is 0.500. The Labute approximate surface area is 136 Å². The second kappa shape index (κ2) is 5.72. The first kappa shape index (κ1) is 16.1. The zero-order valence-electron chi connectivity index (χ0n) is 13.3. The Kier molecular flexibility index (Phi) is 4.01. The molecule has 2 fully saturated rings. The molecule has 23 heavy (non-hydrogen) atoms. The standard InChI is InChI=1S/C16H20N2O4S/c1-11-3-4-13(9-12(11)2)18-15(19)10-14(16(18)20)17-5-7-23(21,22)8-6-17/h3-4,9,14H,5-8,10H2,1-2H3. The Bertz CT molecular complexity index is 758. The Morgan fingerprint density at radius 2 is 1.70 bits per heavy atom. The summed E-state index contributed by atoms with van der Waals surface area (Å²) < 4.78 is 23.0. The number of carbonyl (C=O) groups excluding carboxylic acids is 2. The van der Waals surface area contributed by atoms with Crippen molar-refractivity contribution in [2.45, 2.75) is 26.3 Å². The van der Waals surface area contributed by atoms with E-state index in [0.717, 1.165) is 11.1 Å². The van der Waals surface area contributed by atoms with Gasteiger partial charge in [0.25, 0.3) is 5.91 Å². The van der Waals surface area contributed by atoms with Gasteiger partial charge in [-0.05, 0) is 37.1 Å². The molecule has 0 bridgehead atoms. The zero-order chi connectivity index (χ0) is 16.8. The second-order valence-electron chi connectivity index (χ2n) is 6.24. The molecule has 7 heteroatoms. The highest BCUT2D eigenvalue weighted by Gasteiger charge is 2.43. The van der Waals surface area contributed by atoms with Gasteiger partial charge in [0.05, 0.1) is 29.7 Å². The van der Waals surface area contributed by atoms with Gasteiger partial charge in [0, 0.05) is 13.1 Å². The summed E-state index contributed by atoms with van der Waals surface area (Å²) in [5.74, 6) is -0.377. The van der Waals surface area contributed by atoms with Crippen molar-refractivity contribution in [3.05, 3.63) is 29.3 Å². The van der Waals surface area contributed by atoms with Crippen LogP contribution in [0, 0.1) is 13.8 Å². The molecule has 2 aliphatic rings. The first-order valence-corrected chi connectivity index (χ1v) is 9.49. The van der Waals surface area contributed by atoms with Crippen LogP contribution in [0.15, 0.2) is 18.2 Å². The molecule has 0 aromatic heterocycles. The molecular weight excluding hydrogens is 316 g/mol. The minimum Gasteiger partial charge on any atom is -0.289 e. The molecule has 2 amide bonds. The fourth-order valence-corrected chi connectivity index (χ4v) is 4.30. The molecule has 1 aromatic rings. The minimum absolute atomic E-state index is 0.0502. The second-order valence-corrected chi connectivity index (χ2v) is 8.55. The summed E-state index contributed by atoms with van der Waals surface area (Å²) >= 11 is 0. The van der Waals surface area contributed by atoms with Crippen molar-refractivity contribution in [2.24, 2.45) is 0 Å². The van der Waals surface area contributed by atoms with Gasteiger partial charge in [-0.2, -0.15) is 0 Å². The van der Waals surface area contributed by atoms with Crippen LogP contribution in [0.5, 0.6) is 0 Å². The lowest BCUT2D eigenvalue weighted by Crippen LogP contribution is -2.49. The molecule has 2 aliphatic heterocycles. The van der Waals surface area contributed by atoms with Crippen LogP contribution in [0.3, 0.4) is 0 Å². The number of nitrogens with zero attached hydrogens (tertiary/aromatic N) is 2. The van der Waals surface area contributed by atoms with Crippen LogP contribution < -0.4 is 4.90 Å². The predicted octanol–water partition coefficient (Wildman–Crippen LogP) is 0.666. The van der Waals surface area contributed by atoms with Crippen molar-refractivity contribution in [1.29, 1.82) is 0 Å². The number of rotatable bonds is 2. The lowest BCUT2D eigenvalue weighted by Gasteiger charge is -2.30. The molecule has 124 valence electrons. The molecule has 0 radical (unpaired) electrons. The third-order valence-electron chi connectivity index (χ3n) is 4.69. The number of carbonyl (C=O) groups is 2. The summed E-state index contributed by atoms with van der Waals surface area (Å²) in [7, 11) is -3.00. The van der Waals surface area contributed by atoms with Crippen LogP contribution in [0.25, 0.3) is 0 Å². The number of imide groups is 1. The molecule has 3 rings (SSSR count). The number of anilines is 1. The van der Waals surface area contributed by atoms with Crippen LogP contribution in [0.4, 0.5) is 5.69 Å². The van der Waals surface area contributed by atoms with Crippen molar-refractivity contribution in [3.8, 4) is 0 Å². The Morgan fingerprint density at radius 3 is 2.30 bits per heavy atom. The van der Waals surface area contributed by atoms with E-state index in [-0.39, 0.29) is 29.7 Å². The largest absolute Gasteiger partial charge is 0.289 e. The van der Waals surface area contributed by atoms with Gasteiger partial charge < -0.3 is 0 Å². The highest BCUT2D eigenvalue weighted by molar-refractivity contribution is 7.91. The molecule has 1 unspecified atom stereocenters. The summed E-state index contributed by atoms with van der Waals surface area (Å²) in [6.07, 6.45) is 0.117. The Balaban J connectivity index is 1.81. The van der Waals surface area contributed by atoms with Crippen LogP contribution in [0.1, 0.15) is 17.5 Å². The number of amides is 2. The van der Waals surface area contributed by atoms with Crippen molar-refractivity contribution in [1.82, 2.24) is 4.90 Å².